The molecule has 1 heterocycles. The van der Waals surface area contributed by atoms with Crippen molar-refractivity contribution in [3.63, 3.8) is 0 Å². The second-order valence-corrected chi connectivity index (χ2v) is 7.81. The summed E-state index contributed by atoms with van der Waals surface area (Å²) in [5.74, 6) is 1.69. The average Bonchev–Trinajstić information content (AvgIpc) is 2.72. The maximum Gasteiger partial charge on any atom is 0.119 e. The first-order valence-electron chi connectivity index (χ1n) is 9.69. The van der Waals surface area contributed by atoms with Crippen LogP contribution in [-0.4, -0.2) is 23.0 Å². The van der Waals surface area contributed by atoms with Crippen LogP contribution in [0.15, 0.2) is 66.7 Å². The van der Waals surface area contributed by atoms with Gasteiger partial charge in [0, 0.05) is 18.7 Å². The van der Waals surface area contributed by atoms with Gasteiger partial charge in [-0.1, -0.05) is 61.6 Å². The highest BCUT2D eigenvalue weighted by Gasteiger charge is 2.18. The monoisotopic (exact) mass is 375 g/mol. The minimum absolute atomic E-state index is 0.565. The fraction of sp³-hybridized carbons (Fsp3) is 0.292. The first-order valence-corrected chi connectivity index (χ1v) is 10.1. The zero-order valence-corrected chi connectivity index (χ0v) is 16.5. The zero-order valence-electron chi connectivity index (χ0n) is 15.7. The van der Waals surface area contributed by atoms with Crippen molar-refractivity contribution in [1.29, 1.82) is 0 Å². The van der Waals surface area contributed by atoms with Crippen molar-refractivity contribution in [1.82, 2.24) is 4.90 Å². The SMILES string of the molecule is CC1CCN(C(=S)c2ccc(OCc3cccc4ccccc34)cc2)CC1. The van der Waals surface area contributed by atoms with Crippen LogP contribution in [0.25, 0.3) is 10.8 Å². The number of piperidine rings is 1. The Morgan fingerprint density at radius 3 is 2.44 bits per heavy atom. The van der Waals surface area contributed by atoms with E-state index in [0.717, 1.165) is 35.3 Å². The molecule has 0 spiro atoms. The number of fused-ring (bicyclic) bond motifs is 1. The maximum atomic E-state index is 6.04. The van der Waals surface area contributed by atoms with Gasteiger partial charge in [-0.3, -0.25) is 0 Å². The zero-order chi connectivity index (χ0) is 18.6. The molecule has 0 aromatic heterocycles. The van der Waals surface area contributed by atoms with Gasteiger partial charge >= 0.3 is 0 Å². The molecule has 0 bridgehead atoms. The van der Waals surface area contributed by atoms with E-state index in [1.165, 1.54) is 29.2 Å². The molecule has 0 N–H and O–H groups in total. The van der Waals surface area contributed by atoms with Gasteiger partial charge in [-0.2, -0.15) is 0 Å². The van der Waals surface area contributed by atoms with Crippen LogP contribution in [0.4, 0.5) is 0 Å². The van der Waals surface area contributed by atoms with Crippen LogP contribution in [-0.2, 0) is 6.61 Å². The molecule has 0 unspecified atom stereocenters. The highest BCUT2D eigenvalue weighted by molar-refractivity contribution is 7.80. The maximum absolute atomic E-state index is 6.04. The van der Waals surface area contributed by atoms with Crippen molar-refractivity contribution in [3.05, 3.63) is 77.9 Å². The molecular weight excluding hydrogens is 350 g/mol. The van der Waals surface area contributed by atoms with Gasteiger partial charge in [0.25, 0.3) is 0 Å². The van der Waals surface area contributed by atoms with E-state index < -0.39 is 0 Å². The van der Waals surface area contributed by atoms with Gasteiger partial charge in [-0.05, 0) is 59.4 Å². The second-order valence-electron chi connectivity index (χ2n) is 7.43. The molecule has 3 heteroatoms. The van der Waals surface area contributed by atoms with Crippen molar-refractivity contribution in [3.8, 4) is 5.75 Å². The van der Waals surface area contributed by atoms with Gasteiger partial charge < -0.3 is 9.64 Å². The van der Waals surface area contributed by atoms with Crippen LogP contribution in [0.1, 0.15) is 30.9 Å². The first kappa shape index (κ1) is 18.0. The van der Waals surface area contributed by atoms with Crippen molar-refractivity contribution in [2.75, 3.05) is 13.1 Å². The van der Waals surface area contributed by atoms with Gasteiger partial charge in [-0.15, -0.1) is 0 Å². The molecular formula is C24H25NOS. The summed E-state index contributed by atoms with van der Waals surface area (Å²) in [6, 6.07) is 23.0. The molecule has 4 rings (SSSR count). The van der Waals surface area contributed by atoms with Gasteiger partial charge in [0.05, 0.1) is 0 Å². The van der Waals surface area contributed by atoms with Crippen LogP contribution < -0.4 is 4.74 Å². The van der Waals surface area contributed by atoms with Crippen molar-refractivity contribution < 1.29 is 4.74 Å². The van der Waals surface area contributed by atoms with E-state index in [9.17, 15) is 0 Å². The number of benzene rings is 3. The predicted molar refractivity (Wildman–Crippen MR) is 116 cm³/mol. The summed E-state index contributed by atoms with van der Waals surface area (Å²) in [5, 5.41) is 2.49. The number of thiocarbonyl (C=S) groups is 1. The van der Waals surface area contributed by atoms with E-state index in [0.29, 0.717) is 6.61 Å². The number of hydrogen-bond donors (Lipinski definition) is 0. The molecule has 3 aromatic carbocycles. The smallest absolute Gasteiger partial charge is 0.119 e. The molecule has 27 heavy (non-hydrogen) atoms. The van der Waals surface area contributed by atoms with Gasteiger partial charge in [0.1, 0.15) is 17.3 Å². The largest absolute Gasteiger partial charge is 0.489 e. The molecule has 0 radical (unpaired) electrons. The average molecular weight is 376 g/mol. The summed E-state index contributed by atoms with van der Waals surface area (Å²) >= 11 is 5.70. The molecule has 1 aliphatic rings. The fourth-order valence-electron chi connectivity index (χ4n) is 3.67. The Balaban J connectivity index is 1.41. The van der Waals surface area contributed by atoms with Gasteiger partial charge in [0.2, 0.25) is 0 Å². The molecule has 1 saturated heterocycles. The van der Waals surface area contributed by atoms with E-state index in [-0.39, 0.29) is 0 Å². The van der Waals surface area contributed by atoms with Crippen LogP contribution >= 0.6 is 12.2 Å². The standard InChI is InChI=1S/C24H25NOS/c1-18-13-15-25(16-14-18)24(27)20-9-11-22(12-10-20)26-17-21-7-4-6-19-5-2-3-8-23(19)21/h2-12,18H,13-17H2,1H3. The Morgan fingerprint density at radius 2 is 1.67 bits per heavy atom. The third kappa shape index (κ3) is 4.14. The van der Waals surface area contributed by atoms with E-state index in [1.807, 2.05) is 12.1 Å². The van der Waals surface area contributed by atoms with Crippen molar-refractivity contribution >= 4 is 28.0 Å². The van der Waals surface area contributed by atoms with Crippen LogP contribution in [0.2, 0.25) is 0 Å². The summed E-state index contributed by atoms with van der Waals surface area (Å²) in [7, 11) is 0. The quantitative estimate of drug-likeness (QED) is 0.533. The number of likely N-dealkylation sites (tertiary alicyclic amines) is 1. The normalized spacial score (nSPS) is 15.1. The molecule has 2 nitrogen and oxygen atoms in total. The van der Waals surface area contributed by atoms with Crippen molar-refractivity contribution in [2.24, 2.45) is 5.92 Å². The lowest BCUT2D eigenvalue weighted by molar-refractivity contribution is 0.284. The Morgan fingerprint density at radius 1 is 0.963 bits per heavy atom. The van der Waals surface area contributed by atoms with E-state index in [1.54, 1.807) is 0 Å². The predicted octanol–water partition coefficient (Wildman–Crippen LogP) is 5.83. The highest BCUT2D eigenvalue weighted by atomic mass is 32.1. The van der Waals surface area contributed by atoms with E-state index in [4.69, 9.17) is 17.0 Å². The summed E-state index contributed by atoms with van der Waals surface area (Å²) in [4.78, 5) is 3.30. The van der Waals surface area contributed by atoms with E-state index >= 15 is 0 Å². The first-order chi connectivity index (χ1) is 13.2. The molecule has 0 amide bonds. The van der Waals surface area contributed by atoms with Crippen LogP contribution in [0, 0.1) is 5.92 Å². The fourth-order valence-corrected chi connectivity index (χ4v) is 3.99. The molecule has 1 fully saturated rings. The Labute approximate surface area is 166 Å². The molecule has 1 aliphatic heterocycles. The lowest BCUT2D eigenvalue weighted by Crippen LogP contribution is -2.37. The number of hydrogen-bond acceptors (Lipinski definition) is 2. The Hall–Kier alpha value is -2.39. The molecule has 0 atom stereocenters. The minimum atomic E-state index is 0.565. The highest BCUT2D eigenvalue weighted by Crippen LogP contribution is 2.23. The summed E-state index contributed by atoms with van der Waals surface area (Å²) in [6.45, 7) is 5.02. The van der Waals surface area contributed by atoms with Gasteiger partial charge in [0.15, 0.2) is 0 Å². The van der Waals surface area contributed by atoms with Gasteiger partial charge in [-0.25, -0.2) is 0 Å². The Bertz CT molecular complexity index is 921. The van der Waals surface area contributed by atoms with Crippen LogP contribution in [0.3, 0.4) is 0 Å². The summed E-state index contributed by atoms with van der Waals surface area (Å²) in [5.41, 5.74) is 2.31. The second kappa shape index (κ2) is 8.10. The minimum Gasteiger partial charge on any atom is -0.489 e. The summed E-state index contributed by atoms with van der Waals surface area (Å²) in [6.07, 6.45) is 2.46. The molecule has 0 aliphatic carbocycles. The lowest BCUT2D eigenvalue weighted by atomic mass is 9.99. The topological polar surface area (TPSA) is 12.5 Å². The number of nitrogens with zero attached hydrogens (tertiary/aromatic N) is 1. The summed E-state index contributed by atoms with van der Waals surface area (Å²) < 4.78 is 6.04. The number of rotatable bonds is 4. The third-order valence-corrected chi connectivity index (χ3v) is 5.94. The lowest BCUT2D eigenvalue weighted by Gasteiger charge is -2.32. The number of ether oxygens (including phenoxy) is 1. The third-order valence-electron chi connectivity index (χ3n) is 5.45. The van der Waals surface area contributed by atoms with Crippen molar-refractivity contribution in [2.45, 2.75) is 26.4 Å². The molecule has 138 valence electrons. The molecule has 0 saturated carbocycles. The molecule has 3 aromatic rings. The van der Waals surface area contributed by atoms with E-state index in [2.05, 4.69) is 66.4 Å². The van der Waals surface area contributed by atoms with Crippen LogP contribution in [0.5, 0.6) is 5.75 Å². The Kier molecular flexibility index (Phi) is 5.40.